The fraction of sp³-hybridized carbons (Fsp3) is 0.310. The molecule has 2 aromatic carbocycles. The van der Waals surface area contributed by atoms with E-state index in [0.29, 0.717) is 50.5 Å². The number of allylic oxidation sites excluding steroid dienone is 3. The molecule has 0 unspecified atom stereocenters. The topological polar surface area (TPSA) is 105 Å². The van der Waals surface area contributed by atoms with Gasteiger partial charge in [-0.1, -0.05) is 73.3 Å². The molecule has 41 heavy (non-hydrogen) atoms. The molecule has 1 aromatic heterocycles. The maximum Gasteiger partial charge on any atom is 0.416 e. The number of carbonyl (C=O) groups excluding carboxylic acids is 1. The van der Waals surface area contributed by atoms with E-state index >= 15 is 0 Å². The second-order valence-corrected chi connectivity index (χ2v) is 12.7. The van der Waals surface area contributed by atoms with Gasteiger partial charge in [-0.3, -0.25) is 9.69 Å². The first-order valence-electron chi connectivity index (χ1n) is 12.6. The van der Waals surface area contributed by atoms with Crippen molar-refractivity contribution in [3.8, 4) is 11.8 Å². The highest BCUT2D eigenvalue weighted by atomic mass is 32.2. The molecule has 1 atom stereocenters. The highest BCUT2D eigenvalue weighted by molar-refractivity contribution is 8.00. The quantitative estimate of drug-likeness (QED) is 0.310. The molecule has 12 heteroatoms. The average molecular weight is 598 g/mol. The van der Waals surface area contributed by atoms with Crippen LogP contribution in [0, 0.1) is 16.7 Å². The summed E-state index contributed by atoms with van der Waals surface area (Å²) >= 11 is 2.44. The molecule has 2 aliphatic rings. The van der Waals surface area contributed by atoms with Crippen molar-refractivity contribution < 1.29 is 22.7 Å². The van der Waals surface area contributed by atoms with E-state index in [1.165, 1.54) is 36.3 Å². The van der Waals surface area contributed by atoms with Gasteiger partial charge in [0.15, 0.2) is 10.1 Å². The van der Waals surface area contributed by atoms with E-state index in [4.69, 9.17) is 10.5 Å². The van der Waals surface area contributed by atoms with Gasteiger partial charge in [-0.25, -0.2) is 0 Å². The number of hydrogen-bond donors (Lipinski definition) is 1. The maximum atomic E-state index is 13.7. The Morgan fingerprint density at radius 1 is 1.20 bits per heavy atom. The molecule has 0 saturated heterocycles. The molecule has 7 nitrogen and oxygen atoms in total. The summed E-state index contributed by atoms with van der Waals surface area (Å²) in [6.07, 6.45) is -3.62. The lowest BCUT2D eigenvalue weighted by molar-refractivity contribution is -0.137. The Morgan fingerprint density at radius 3 is 2.66 bits per heavy atom. The highest BCUT2D eigenvalue weighted by Crippen LogP contribution is 2.52. The van der Waals surface area contributed by atoms with E-state index in [1.807, 2.05) is 32.0 Å². The lowest BCUT2D eigenvalue weighted by Crippen LogP contribution is -2.42. The number of thioether (sulfide) groups is 1. The highest BCUT2D eigenvalue weighted by Gasteiger charge is 2.46. The molecule has 3 aromatic rings. The Balaban J connectivity index is 1.54. The van der Waals surface area contributed by atoms with E-state index < -0.39 is 17.7 Å². The van der Waals surface area contributed by atoms with Gasteiger partial charge in [0.2, 0.25) is 5.13 Å². The van der Waals surface area contributed by atoms with Gasteiger partial charge in [0.1, 0.15) is 11.6 Å². The molecular formula is C29H26F3N5O2S2. The van der Waals surface area contributed by atoms with Crippen molar-refractivity contribution in [2.75, 3.05) is 12.0 Å². The van der Waals surface area contributed by atoms with E-state index in [0.717, 1.165) is 12.1 Å². The predicted molar refractivity (Wildman–Crippen MR) is 151 cm³/mol. The molecule has 2 N–H and O–H groups in total. The summed E-state index contributed by atoms with van der Waals surface area (Å²) in [5.74, 6) is 0.163. The number of hydrogen-bond acceptors (Lipinski definition) is 9. The van der Waals surface area contributed by atoms with Gasteiger partial charge in [0.25, 0.3) is 0 Å². The van der Waals surface area contributed by atoms with Crippen molar-refractivity contribution >= 4 is 34.0 Å². The van der Waals surface area contributed by atoms with Crippen molar-refractivity contribution in [3.63, 3.8) is 0 Å². The number of rotatable bonds is 6. The van der Waals surface area contributed by atoms with Crippen LogP contribution in [0.4, 0.5) is 18.3 Å². The van der Waals surface area contributed by atoms with Crippen molar-refractivity contribution in [3.05, 3.63) is 87.9 Å². The van der Waals surface area contributed by atoms with E-state index in [-0.39, 0.29) is 28.3 Å². The monoisotopic (exact) mass is 597 g/mol. The van der Waals surface area contributed by atoms with Gasteiger partial charge in [-0.15, -0.1) is 10.2 Å². The van der Waals surface area contributed by atoms with Crippen LogP contribution < -0.4 is 15.4 Å². The summed E-state index contributed by atoms with van der Waals surface area (Å²) in [5.41, 5.74) is 8.11. The van der Waals surface area contributed by atoms with E-state index in [1.54, 1.807) is 17.0 Å². The number of nitrogens with two attached hydrogens (primary N) is 1. The summed E-state index contributed by atoms with van der Waals surface area (Å²) in [6.45, 7) is 4.00. The molecule has 0 radical (unpaired) electrons. The Morgan fingerprint density at radius 2 is 1.95 bits per heavy atom. The second kappa shape index (κ2) is 10.9. The SMILES string of the molecule is COc1ccccc1[C@@H]1C(C#N)=C(N)N(c2nnc(SCc3cccc(C(F)(F)F)c3)s2)C2=C1C(=O)CC(C)(C)C2. The van der Waals surface area contributed by atoms with Crippen LogP contribution in [0.2, 0.25) is 0 Å². The molecule has 0 spiro atoms. The van der Waals surface area contributed by atoms with E-state index in [2.05, 4.69) is 16.3 Å². The third-order valence-electron chi connectivity index (χ3n) is 7.03. The third kappa shape index (κ3) is 5.56. The Bertz CT molecular complexity index is 1620. The number of carbonyl (C=O) groups is 1. The van der Waals surface area contributed by atoms with Crippen molar-refractivity contribution in [1.82, 2.24) is 10.2 Å². The summed E-state index contributed by atoms with van der Waals surface area (Å²) in [7, 11) is 1.54. The third-order valence-corrected chi connectivity index (χ3v) is 9.15. The number of halogens is 3. The van der Waals surface area contributed by atoms with Gasteiger partial charge in [-0.2, -0.15) is 18.4 Å². The lowest BCUT2D eigenvalue weighted by atomic mass is 9.68. The lowest BCUT2D eigenvalue weighted by Gasteiger charge is -2.42. The van der Waals surface area contributed by atoms with Crippen molar-refractivity contribution in [2.45, 2.75) is 48.9 Å². The Labute approximate surface area is 243 Å². The number of aromatic nitrogens is 2. The number of alkyl halides is 3. The fourth-order valence-electron chi connectivity index (χ4n) is 5.28. The molecule has 2 heterocycles. The number of para-hydroxylation sites is 1. The van der Waals surface area contributed by atoms with Crippen molar-refractivity contribution in [1.29, 1.82) is 5.26 Å². The number of benzene rings is 2. The minimum absolute atomic E-state index is 0.0823. The summed E-state index contributed by atoms with van der Waals surface area (Å²) < 4.78 is 45.5. The van der Waals surface area contributed by atoms with Crippen LogP contribution in [0.1, 0.15) is 49.3 Å². The van der Waals surface area contributed by atoms with Crippen LogP contribution in [-0.2, 0) is 16.7 Å². The Kier molecular flexibility index (Phi) is 7.61. The molecule has 0 saturated carbocycles. The minimum atomic E-state index is -4.43. The van der Waals surface area contributed by atoms with Gasteiger partial charge in [0.05, 0.1) is 30.2 Å². The van der Waals surface area contributed by atoms with Gasteiger partial charge < -0.3 is 10.5 Å². The van der Waals surface area contributed by atoms with Crippen LogP contribution in [0.3, 0.4) is 0 Å². The molecule has 1 aliphatic carbocycles. The zero-order valence-electron chi connectivity index (χ0n) is 22.5. The standard InChI is InChI=1S/C29H26F3N5O2S2/c1-28(2)12-20-24(21(38)13-28)23(18-9-4-5-10-22(18)39-3)19(14-33)25(34)37(20)26-35-36-27(41-26)40-15-16-7-6-8-17(11-16)29(30,31)32/h4-11,23H,12-13,15,34H2,1-3H3/t23-/m1/s1. The number of anilines is 1. The first-order valence-corrected chi connectivity index (χ1v) is 14.4. The predicted octanol–water partition coefficient (Wildman–Crippen LogP) is 6.80. The molecule has 1 aliphatic heterocycles. The molecular weight excluding hydrogens is 571 g/mol. The Hall–Kier alpha value is -3.82. The van der Waals surface area contributed by atoms with Crippen LogP contribution in [0.25, 0.3) is 0 Å². The fourth-order valence-corrected chi connectivity index (χ4v) is 7.10. The van der Waals surface area contributed by atoms with Crippen LogP contribution in [-0.4, -0.2) is 23.1 Å². The number of ketones is 1. The van der Waals surface area contributed by atoms with Gasteiger partial charge >= 0.3 is 6.18 Å². The number of Topliss-reactive ketones (excluding diaryl/α,β-unsaturated/α-hetero) is 1. The molecule has 0 amide bonds. The van der Waals surface area contributed by atoms with Crippen molar-refractivity contribution in [2.24, 2.45) is 11.1 Å². The van der Waals surface area contributed by atoms with E-state index in [9.17, 15) is 23.2 Å². The zero-order valence-corrected chi connectivity index (χ0v) is 24.1. The first-order chi connectivity index (χ1) is 19.4. The number of nitrogens with zero attached hydrogens (tertiary/aromatic N) is 4. The maximum absolute atomic E-state index is 13.7. The number of methoxy groups -OCH3 is 1. The zero-order chi connectivity index (χ0) is 29.5. The number of ether oxygens (including phenoxy) is 1. The second-order valence-electron chi connectivity index (χ2n) is 10.6. The minimum Gasteiger partial charge on any atom is -0.496 e. The first kappa shape index (κ1) is 28.7. The summed E-state index contributed by atoms with van der Waals surface area (Å²) in [4.78, 5) is 15.4. The smallest absolute Gasteiger partial charge is 0.416 e. The normalized spacial score (nSPS) is 18.8. The molecule has 5 rings (SSSR count). The van der Waals surface area contributed by atoms with Crippen LogP contribution in [0.5, 0.6) is 5.75 Å². The summed E-state index contributed by atoms with van der Waals surface area (Å²) in [5, 5.41) is 19.2. The largest absolute Gasteiger partial charge is 0.496 e. The van der Waals surface area contributed by atoms with Crippen LogP contribution in [0.15, 0.2) is 75.5 Å². The van der Waals surface area contributed by atoms with Gasteiger partial charge in [-0.05, 0) is 29.5 Å². The number of nitriles is 1. The average Bonchev–Trinajstić information content (AvgIpc) is 3.38. The molecule has 212 valence electrons. The summed E-state index contributed by atoms with van der Waals surface area (Å²) in [6, 6.07) is 14.6. The molecule has 0 bridgehead atoms. The molecule has 0 fully saturated rings. The van der Waals surface area contributed by atoms with Gasteiger partial charge in [0, 0.05) is 29.0 Å². The van der Waals surface area contributed by atoms with Crippen LogP contribution >= 0.6 is 23.1 Å².